The highest BCUT2D eigenvalue weighted by atomic mass is 32.2. The van der Waals surface area contributed by atoms with Gasteiger partial charge in [-0.25, -0.2) is 0 Å². The second kappa shape index (κ2) is 6.45. The van der Waals surface area contributed by atoms with E-state index in [9.17, 15) is 4.79 Å². The Morgan fingerprint density at radius 2 is 1.81 bits per heavy atom. The number of thioether (sulfide) groups is 2. The van der Waals surface area contributed by atoms with Crippen molar-refractivity contribution >= 4 is 29.5 Å². The van der Waals surface area contributed by atoms with Crippen LogP contribution in [0.25, 0.3) is 0 Å². The third-order valence-corrected chi connectivity index (χ3v) is 13.2. The molecule has 5 aliphatic rings. The molecular formula is C23H34O2S2. The third kappa shape index (κ3) is 2.64. The Morgan fingerprint density at radius 1 is 1.07 bits per heavy atom. The van der Waals surface area contributed by atoms with Crippen molar-refractivity contribution in [3.05, 3.63) is 11.6 Å². The van der Waals surface area contributed by atoms with Gasteiger partial charge in [-0.15, -0.1) is 23.5 Å². The van der Waals surface area contributed by atoms with Crippen LogP contribution in [0.3, 0.4) is 0 Å². The van der Waals surface area contributed by atoms with Crippen LogP contribution in [-0.2, 0) is 9.53 Å². The molecule has 0 aromatic carbocycles. The Labute approximate surface area is 173 Å². The smallest absolute Gasteiger partial charge is 0.302 e. The van der Waals surface area contributed by atoms with E-state index in [-0.39, 0.29) is 12.1 Å². The lowest BCUT2D eigenvalue weighted by molar-refractivity contribution is -0.148. The second-order valence-corrected chi connectivity index (χ2v) is 13.2. The lowest BCUT2D eigenvalue weighted by atomic mass is 9.48. The van der Waals surface area contributed by atoms with E-state index in [4.69, 9.17) is 4.74 Å². The summed E-state index contributed by atoms with van der Waals surface area (Å²) in [7, 11) is 0. The van der Waals surface area contributed by atoms with Crippen LogP contribution in [0, 0.1) is 28.6 Å². The summed E-state index contributed by atoms with van der Waals surface area (Å²) in [6.45, 7) is 6.76. The van der Waals surface area contributed by atoms with Crippen LogP contribution in [0.15, 0.2) is 11.6 Å². The number of allylic oxidation sites excluding steroid dienone is 1. The molecule has 5 rings (SSSR count). The molecule has 0 radical (unpaired) electrons. The van der Waals surface area contributed by atoms with Crippen LogP contribution in [0.4, 0.5) is 0 Å². The molecular weight excluding hydrogens is 372 g/mol. The van der Waals surface area contributed by atoms with Gasteiger partial charge in [0.15, 0.2) is 0 Å². The molecule has 4 fully saturated rings. The molecule has 0 bridgehead atoms. The second-order valence-electron chi connectivity index (χ2n) is 10.2. The number of rotatable bonds is 1. The van der Waals surface area contributed by atoms with E-state index in [0.717, 1.165) is 30.6 Å². The SMILES string of the molecule is CC(=O)O[C@H]1CC[C@@]2(C)C(=CC[C@@H]3[C@H]2CC[C@@]2(C)[C@@H]3CCC23SCCS3)C1. The minimum atomic E-state index is -0.117. The van der Waals surface area contributed by atoms with Crippen molar-refractivity contribution in [2.24, 2.45) is 28.6 Å². The van der Waals surface area contributed by atoms with Gasteiger partial charge < -0.3 is 4.74 Å². The van der Waals surface area contributed by atoms with Gasteiger partial charge in [0.1, 0.15) is 6.10 Å². The summed E-state index contributed by atoms with van der Waals surface area (Å²) in [6, 6.07) is 0. The topological polar surface area (TPSA) is 26.3 Å². The first kappa shape index (κ1) is 18.9. The van der Waals surface area contributed by atoms with Gasteiger partial charge >= 0.3 is 5.97 Å². The Kier molecular flexibility index (Phi) is 4.52. The molecule has 0 unspecified atom stereocenters. The molecule has 4 heteroatoms. The predicted molar refractivity (Wildman–Crippen MR) is 115 cm³/mol. The van der Waals surface area contributed by atoms with Crippen molar-refractivity contribution in [3.63, 3.8) is 0 Å². The molecule has 0 aromatic rings. The van der Waals surface area contributed by atoms with Gasteiger partial charge in [-0.1, -0.05) is 25.5 Å². The van der Waals surface area contributed by atoms with E-state index >= 15 is 0 Å². The molecule has 6 atom stereocenters. The summed E-state index contributed by atoms with van der Waals surface area (Å²) in [5, 5.41) is 0. The van der Waals surface area contributed by atoms with E-state index in [0.29, 0.717) is 14.9 Å². The Hall–Kier alpha value is -0.0900. The van der Waals surface area contributed by atoms with Crippen LogP contribution in [0.1, 0.15) is 72.1 Å². The van der Waals surface area contributed by atoms with Crippen molar-refractivity contribution in [2.45, 2.75) is 82.3 Å². The normalized spacial score (nSPS) is 47.7. The van der Waals surface area contributed by atoms with Crippen LogP contribution in [0.2, 0.25) is 0 Å². The minimum Gasteiger partial charge on any atom is -0.462 e. The van der Waals surface area contributed by atoms with E-state index in [1.165, 1.54) is 50.0 Å². The lowest BCUT2D eigenvalue weighted by Crippen LogP contribution is -2.52. The third-order valence-electron chi connectivity index (χ3n) is 9.19. The average Bonchev–Trinajstić information content (AvgIpc) is 3.21. The fraction of sp³-hybridized carbons (Fsp3) is 0.870. The molecule has 1 saturated heterocycles. The molecule has 1 heterocycles. The summed E-state index contributed by atoms with van der Waals surface area (Å²) >= 11 is 4.61. The molecule has 3 saturated carbocycles. The highest BCUT2D eigenvalue weighted by molar-refractivity contribution is 8.21. The largest absolute Gasteiger partial charge is 0.462 e. The Balaban J connectivity index is 1.41. The molecule has 1 aliphatic heterocycles. The summed E-state index contributed by atoms with van der Waals surface area (Å²) in [5.41, 5.74) is 2.51. The fourth-order valence-corrected chi connectivity index (χ4v) is 11.7. The van der Waals surface area contributed by atoms with Gasteiger partial charge in [-0.3, -0.25) is 4.79 Å². The maximum atomic E-state index is 11.4. The molecule has 150 valence electrons. The molecule has 1 spiro atoms. The van der Waals surface area contributed by atoms with Gasteiger partial charge in [-0.05, 0) is 73.5 Å². The number of carbonyl (C=O) groups is 1. The zero-order chi connectivity index (χ0) is 18.9. The highest BCUT2D eigenvalue weighted by Crippen LogP contribution is 2.73. The van der Waals surface area contributed by atoms with Crippen LogP contribution in [-0.4, -0.2) is 27.7 Å². The Bertz CT molecular complexity index is 667. The van der Waals surface area contributed by atoms with Gasteiger partial charge in [0.25, 0.3) is 0 Å². The molecule has 0 N–H and O–H groups in total. The van der Waals surface area contributed by atoms with Crippen LogP contribution in [0.5, 0.6) is 0 Å². The number of hydrogen-bond acceptors (Lipinski definition) is 4. The number of esters is 1. The maximum Gasteiger partial charge on any atom is 0.302 e. The minimum absolute atomic E-state index is 0.117. The maximum absolute atomic E-state index is 11.4. The number of hydrogen-bond donors (Lipinski definition) is 0. The summed E-state index contributed by atoms with van der Waals surface area (Å²) in [6.07, 6.45) is 12.9. The summed E-state index contributed by atoms with van der Waals surface area (Å²) in [5.74, 6) is 5.24. The first-order valence-corrected chi connectivity index (χ1v) is 13.0. The standard InChI is InChI=1S/C23H34O2S2/c1-15(24)25-17-6-9-21(2)16(14-17)4-5-18-19(21)7-10-22(3)20(18)8-11-23(22)26-12-13-27-23/h4,17-20H,5-14H2,1-3H3/t17-,18+,19+,20+,21-,22-/m0/s1. The molecule has 27 heavy (non-hydrogen) atoms. The van der Waals surface area contributed by atoms with Crippen molar-refractivity contribution < 1.29 is 9.53 Å². The predicted octanol–water partition coefficient (Wildman–Crippen LogP) is 6.06. The van der Waals surface area contributed by atoms with Gasteiger partial charge in [0.2, 0.25) is 0 Å². The monoisotopic (exact) mass is 406 g/mol. The van der Waals surface area contributed by atoms with Gasteiger partial charge in [0, 0.05) is 24.9 Å². The molecule has 0 amide bonds. The summed E-state index contributed by atoms with van der Waals surface area (Å²) in [4.78, 5) is 11.4. The number of fused-ring (bicyclic) bond motifs is 6. The molecule has 4 aliphatic carbocycles. The molecule has 2 nitrogen and oxygen atoms in total. The van der Waals surface area contributed by atoms with E-state index in [2.05, 4.69) is 43.4 Å². The number of carbonyl (C=O) groups excluding carboxylic acids is 1. The van der Waals surface area contributed by atoms with E-state index in [1.807, 2.05) is 0 Å². The molecule has 0 aromatic heterocycles. The first-order valence-electron chi connectivity index (χ1n) is 11.0. The van der Waals surface area contributed by atoms with E-state index in [1.54, 1.807) is 12.5 Å². The first-order chi connectivity index (χ1) is 12.9. The van der Waals surface area contributed by atoms with Crippen LogP contribution < -0.4 is 0 Å². The van der Waals surface area contributed by atoms with Gasteiger partial charge in [-0.2, -0.15) is 0 Å². The zero-order valence-electron chi connectivity index (χ0n) is 17.1. The lowest BCUT2D eigenvalue weighted by Gasteiger charge is -2.59. The van der Waals surface area contributed by atoms with E-state index < -0.39 is 0 Å². The quantitative estimate of drug-likeness (QED) is 0.391. The number of ether oxygens (including phenoxy) is 1. The summed E-state index contributed by atoms with van der Waals surface area (Å²) < 4.78 is 6.11. The van der Waals surface area contributed by atoms with Crippen molar-refractivity contribution in [1.82, 2.24) is 0 Å². The Morgan fingerprint density at radius 3 is 2.56 bits per heavy atom. The van der Waals surface area contributed by atoms with Crippen LogP contribution >= 0.6 is 23.5 Å². The van der Waals surface area contributed by atoms with Gasteiger partial charge in [0.05, 0.1) is 4.08 Å². The zero-order valence-corrected chi connectivity index (χ0v) is 18.7. The van der Waals surface area contributed by atoms with Crippen molar-refractivity contribution in [2.75, 3.05) is 11.5 Å². The van der Waals surface area contributed by atoms with Crippen molar-refractivity contribution in [1.29, 1.82) is 0 Å². The average molecular weight is 407 g/mol. The highest BCUT2D eigenvalue weighted by Gasteiger charge is 2.65. The fourth-order valence-electron chi connectivity index (χ4n) is 7.85. The van der Waals surface area contributed by atoms with Crippen molar-refractivity contribution in [3.8, 4) is 0 Å².